The number of rotatable bonds is 4. The SMILES string of the molecule is CC(C)(C)SSCCc1cccc2ccccc12. The van der Waals surface area contributed by atoms with Crippen LogP contribution in [0.1, 0.15) is 26.3 Å². The number of hydrogen-bond donors (Lipinski definition) is 0. The molecule has 0 nitrogen and oxygen atoms in total. The summed E-state index contributed by atoms with van der Waals surface area (Å²) in [5.74, 6) is 1.18. The van der Waals surface area contributed by atoms with Gasteiger partial charge in [-0.1, -0.05) is 84.8 Å². The normalized spacial score (nSPS) is 11.9. The fraction of sp³-hybridized carbons (Fsp3) is 0.375. The molecule has 0 heterocycles. The molecule has 0 unspecified atom stereocenters. The zero-order valence-corrected chi connectivity index (χ0v) is 12.9. The second kappa shape index (κ2) is 6.03. The largest absolute Gasteiger partial charge is 0.0933 e. The molecule has 2 rings (SSSR count). The fourth-order valence-corrected chi connectivity index (χ4v) is 4.18. The van der Waals surface area contributed by atoms with Gasteiger partial charge in [0.05, 0.1) is 0 Å². The topological polar surface area (TPSA) is 0 Å². The molecule has 2 aromatic carbocycles. The van der Waals surface area contributed by atoms with Crippen molar-refractivity contribution in [2.24, 2.45) is 0 Å². The van der Waals surface area contributed by atoms with Gasteiger partial charge in [-0.25, -0.2) is 0 Å². The highest BCUT2D eigenvalue weighted by molar-refractivity contribution is 8.77. The summed E-state index contributed by atoms with van der Waals surface area (Å²) in [5.41, 5.74) is 1.47. The van der Waals surface area contributed by atoms with Gasteiger partial charge in [-0.3, -0.25) is 0 Å². The van der Waals surface area contributed by atoms with E-state index in [-0.39, 0.29) is 0 Å². The Morgan fingerprint density at radius 1 is 0.944 bits per heavy atom. The Hall–Kier alpha value is -0.600. The zero-order chi connectivity index (χ0) is 13.0. The van der Waals surface area contributed by atoms with Crippen LogP contribution in [0.2, 0.25) is 0 Å². The van der Waals surface area contributed by atoms with E-state index >= 15 is 0 Å². The van der Waals surface area contributed by atoms with Crippen LogP contribution in [0.4, 0.5) is 0 Å². The van der Waals surface area contributed by atoms with Crippen LogP contribution in [0, 0.1) is 0 Å². The highest BCUT2D eigenvalue weighted by atomic mass is 33.1. The first-order valence-corrected chi connectivity index (χ1v) is 8.65. The minimum absolute atomic E-state index is 0.351. The van der Waals surface area contributed by atoms with Gasteiger partial charge in [0, 0.05) is 10.5 Å². The molecule has 0 saturated heterocycles. The lowest BCUT2D eigenvalue weighted by Gasteiger charge is -2.16. The molecular weight excluding hydrogens is 256 g/mol. The van der Waals surface area contributed by atoms with E-state index in [1.54, 1.807) is 0 Å². The molecular formula is C16H20S2. The lowest BCUT2D eigenvalue weighted by molar-refractivity contribution is 0.810. The van der Waals surface area contributed by atoms with E-state index in [1.165, 1.54) is 22.1 Å². The quantitative estimate of drug-likeness (QED) is 0.529. The predicted octanol–water partition coefficient (Wildman–Crippen LogP) is 5.56. The predicted molar refractivity (Wildman–Crippen MR) is 87.5 cm³/mol. The molecule has 0 radical (unpaired) electrons. The summed E-state index contributed by atoms with van der Waals surface area (Å²) in [4.78, 5) is 0. The first kappa shape index (κ1) is 13.8. The van der Waals surface area contributed by atoms with Crippen LogP contribution in [-0.4, -0.2) is 10.5 Å². The van der Waals surface area contributed by atoms with Crippen molar-refractivity contribution in [3.8, 4) is 0 Å². The van der Waals surface area contributed by atoms with Gasteiger partial charge >= 0.3 is 0 Å². The van der Waals surface area contributed by atoms with E-state index in [9.17, 15) is 0 Å². The van der Waals surface area contributed by atoms with Gasteiger partial charge in [0.1, 0.15) is 0 Å². The third-order valence-corrected chi connectivity index (χ3v) is 5.99. The van der Waals surface area contributed by atoms with Crippen molar-refractivity contribution in [1.29, 1.82) is 0 Å². The van der Waals surface area contributed by atoms with Gasteiger partial charge in [0.15, 0.2) is 0 Å². The Kier molecular flexibility index (Phi) is 4.63. The van der Waals surface area contributed by atoms with Crippen LogP contribution >= 0.6 is 21.6 Å². The maximum absolute atomic E-state index is 2.27. The van der Waals surface area contributed by atoms with Crippen LogP contribution in [0.3, 0.4) is 0 Å². The highest BCUT2D eigenvalue weighted by Gasteiger charge is 2.10. The summed E-state index contributed by atoms with van der Waals surface area (Å²) in [6.07, 6.45) is 1.15. The minimum Gasteiger partial charge on any atom is -0.0933 e. The monoisotopic (exact) mass is 276 g/mol. The number of benzene rings is 2. The molecule has 0 saturated carbocycles. The van der Waals surface area contributed by atoms with E-state index in [0.29, 0.717) is 4.75 Å². The Morgan fingerprint density at radius 3 is 2.44 bits per heavy atom. The van der Waals surface area contributed by atoms with E-state index in [2.05, 4.69) is 63.2 Å². The maximum Gasteiger partial charge on any atom is 0.0179 e. The zero-order valence-electron chi connectivity index (χ0n) is 11.3. The third-order valence-electron chi connectivity index (χ3n) is 2.64. The minimum atomic E-state index is 0.351. The molecule has 0 aliphatic rings. The molecule has 0 bridgehead atoms. The lowest BCUT2D eigenvalue weighted by Crippen LogP contribution is -2.05. The average Bonchev–Trinajstić information content (AvgIpc) is 2.33. The van der Waals surface area contributed by atoms with Gasteiger partial charge in [-0.05, 0) is 22.8 Å². The van der Waals surface area contributed by atoms with E-state index < -0.39 is 0 Å². The molecule has 0 fully saturated rings. The van der Waals surface area contributed by atoms with Crippen LogP contribution < -0.4 is 0 Å². The maximum atomic E-state index is 2.27. The van der Waals surface area contributed by atoms with E-state index in [0.717, 1.165) is 6.42 Å². The van der Waals surface area contributed by atoms with Crippen LogP contribution in [0.25, 0.3) is 10.8 Å². The number of hydrogen-bond acceptors (Lipinski definition) is 2. The molecule has 0 N–H and O–H groups in total. The van der Waals surface area contributed by atoms with Gasteiger partial charge in [0.25, 0.3) is 0 Å². The third kappa shape index (κ3) is 3.96. The summed E-state index contributed by atoms with van der Waals surface area (Å²) in [5, 5.41) is 2.75. The summed E-state index contributed by atoms with van der Waals surface area (Å²) in [6, 6.07) is 15.3. The Balaban J connectivity index is 2.00. The number of fused-ring (bicyclic) bond motifs is 1. The Bertz CT molecular complexity index is 506. The number of aryl methyl sites for hydroxylation is 1. The second-order valence-corrected chi connectivity index (χ2v) is 8.65. The molecule has 0 spiro atoms. The molecule has 0 aliphatic carbocycles. The van der Waals surface area contributed by atoms with E-state index in [1.807, 2.05) is 21.6 Å². The van der Waals surface area contributed by atoms with Crippen LogP contribution in [0.5, 0.6) is 0 Å². The van der Waals surface area contributed by atoms with Crippen molar-refractivity contribution in [3.05, 3.63) is 48.0 Å². The average molecular weight is 276 g/mol. The summed E-state index contributed by atoms with van der Waals surface area (Å²) < 4.78 is 0.351. The van der Waals surface area contributed by atoms with E-state index in [4.69, 9.17) is 0 Å². The van der Waals surface area contributed by atoms with Crippen molar-refractivity contribution < 1.29 is 0 Å². The second-order valence-electron chi connectivity index (χ2n) is 5.41. The van der Waals surface area contributed by atoms with Gasteiger partial charge < -0.3 is 0 Å². The van der Waals surface area contributed by atoms with Crippen LogP contribution in [0.15, 0.2) is 42.5 Å². The molecule has 0 aromatic heterocycles. The molecule has 2 aromatic rings. The molecule has 96 valence electrons. The van der Waals surface area contributed by atoms with Crippen molar-refractivity contribution >= 4 is 32.4 Å². The van der Waals surface area contributed by atoms with Crippen molar-refractivity contribution in [1.82, 2.24) is 0 Å². The Labute approximate surface area is 118 Å². The standard InChI is InChI=1S/C16H20S2/c1-16(2,3)18-17-12-11-14-9-6-8-13-7-4-5-10-15(13)14/h4-10H,11-12H2,1-3H3. The van der Waals surface area contributed by atoms with Crippen LogP contribution in [-0.2, 0) is 6.42 Å². The highest BCUT2D eigenvalue weighted by Crippen LogP contribution is 2.35. The molecule has 2 heteroatoms. The van der Waals surface area contributed by atoms with Gasteiger partial charge in [0.2, 0.25) is 0 Å². The summed E-state index contributed by atoms with van der Waals surface area (Å²) in [6.45, 7) is 6.80. The molecule has 18 heavy (non-hydrogen) atoms. The summed E-state index contributed by atoms with van der Waals surface area (Å²) >= 11 is 0. The van der Waals surface area contributed by atoms with Crippen molar-refractivity contribution in [3.63, 3.8) is 0 Å². The molecule has 0 atom stereocenters. The Morgan fingerprint density at radius 2 is 1.67 bits per heavy atom. The fourth-order valence-electron chi connectivity index (χ4n) is 1.88. The molecule has 0 aliphatic heterocycles. The van der Waals surface area contributed by atoms with Crippen molar-refractivity contribution in [2.45, 2.75) is 31.9 Å². The smallest absolute Gasteiger partial charge is 0.0179 e. The lowest BCUT2D eigenvalue weighted by atomic mass is 10.0. The molecule has 0 amide bonds. The van der Waals surface area contributed by atoms with Crippen molar-refractivity contribution in [2.75, 3.05) is 5.75 Å². The van der Waals surface area contributed by atoms with Gasteiger partial charge in [-0.2, -0.15) is 0 Å². The first-order chi connectivity index (χ1) is 8.56. The van der Waals surface area contributed by atoms with Gasteiger partial charge in [-0.15, -0.1) is 0 Å². The summed E-state index contributed by atoms with van der Waals surface area (Å²) in [7, 11) is 3.96. The first-order valence-electron chi connectivity index (χ1n) is 6.33.